The van der Waals surface area contributed by atoms with Gasteiger partial charge in [-0.3, -0.25) is 9.58 Å². The molecule has 1 aliphatic heterocycles. The van der Waals surface area contributed by atoms with Crippen molar-refractivity contribution in [3.8, 4) is 0 Å². The van der Waals surface area contributed by atoms with Gasteiger partial charge >= 0.3 is 0 Å². The van der Waals surface area contributed by atoms with Gasteiger partial charge in [-0.05, 0) is 13.0 Å². The van der Waals surface area contributed by atoms with Crippen LogP contribution in [-0.4, -0.2) is 59.1 Å². The lowest BCUT2D eigenvalue weighted by Gasteiger charge is -2.26. The van der Waals surface area contributed by atoms with Gasteiger partial charge in [0.1, 0.15) is 0 Å². The molecule has 0 amide bonds. The molecule has 0 radical (unpaired) electrons. The fourth-order valence-corrected chi connectivity index (χ4v) is 2.70. The van der Waals surface area contributed by atoms with Crippen LogP contribution in [-0.2, 0) is 11.8 Å². The first-order valence-electron chi connectivity index (χ1n) is 7.08. The number of nitrogens with one attached hydrogen (secondary N) is 1. The molecule has 1 saturated heterocycles. The van der Waals surface area contributed by atoms with E-state index in [0.717, 1.165) is 61.8 Å². The Kier molecular flexibility index (Phi) is 3.84. The second-order valence-electron chi connectivity index (χ2n) is 5.15. The first-order valence-corrected chi connectivity index (χ1v) is 7.08. The van der Waals surface area contributed by atoms with Gasteiger partial charge in [0, 0.05) is 45.1 Å². The molecule has 2 aromatic heterocycles. The van der Waals surface area contributed by atoms with E-state index < -0.39 is 0 Å². The monoisotopic (exact) mass is 275 g/mol. The zero-order valence-corrected chi connectivity index (χ0v) is 12.1. The van der Waals surface area contributed by atoms with Crippen LogP contribution < -0.4 is 5.32 Å². The summed E-state index contributed by atoms with van der Waals surface area (Å²) in [6.45, 7) is 7.73. The number of fused-ring (bicyclic) bond motifs is 1. The highest BCUT2D eigenvalue weighted by atomic mass is 16.5. The van der Waals surface area contributed by atoms with Crippen molar-refractivity contribution in [1.29, 1.82) is 0 Å². The fraction of sp³-hybridized carbons (Fsp3) is 0.571. The molecule has 0 saturated carbocycles. The molecule has 6 nitrogen and oxygen atoms in total. The molecule has 20 heavy (non-hydrogen) atoms. The second-order valence-corrected chi connectivity index (χ2v) is 5.15. The quantitative estimate of drug-likeness (QED) is 0.903. The van der Waals surface area contributed by atoms with Gasteiger partial charge < -0.3 is 10.1 Å². The third kappa shape index (κ3) is 2.62. The summed E-state index contributed by atoms with van der Waals surface area (Å²) >= 11 is 0. The standard InChI is InChI=1S/C14H21N5O/c1-11-13-12(3-4-16-14(13)18(2)17-11)15-5-6-19-7-9-20-10-8-19/h3-4H,5-10H2,1-2H3,(H,15,16). The highest BCUT2D eigenvalue weighted by Crippen LogP contribution is 2.23. The van der Waals surface area contributed by atoms with Crippen molar-refractivity contribution in [2.24, 2.45) is 7.05 Å². The van der Waals surface area contributed by atoms with E-state index in [9.17, 15) is 0 Å². The molecule has 108 valence electrons. The van der Waals surface area contributed by atoms with Crippen molar-refractivity contribution in [3.63, 3.8) is 0 Å². The van der Waals surface area contributed by atoms with Crippen LogP contribution in [0.5, 0.6) is 0 Å². The van der Waals surface area contributed by atoms with Gasteiger partial charge in [0.05, 0.1) is 24.3 Å². The molecule has 0 aromatic carbocycles. The predicted molar refractivity (Wildman–Crippen MR) is 79.0 cm³/mol. The van der Waals surface area contributed by atoms with Crippen molar-refractivity contribution >= 4 is 16.7 Å². The molecule has 0 aliphatic carbocycles. The molecule has 3 heterocycles. The Labute approximate surface area is 118 Å². The van der Waals surface area contributed by atoms with E-state index >= 15 is 0 Å². The zero-order valence-electron chi connectivity index (χ0n) is 12.1. The maximum atomic E-state index is 5.36. The van der Waals surface area contributed by atoms with Crippen LogP contribution in [0.15, 0.2) is 12.3 Å². The van der Waals surface area contributed by atoms with Gasteiger partial charge in [-0.2, -0.15) is 5.10 Å². The van der Waals surface area contributed by atoms with Crippen LogP contribution in [0.1, 0.15) is 5.69 Å². The molecule has 0 bridgehead atoms. The molecular formula is C14H21N5O. The van der Waals surface area contributed by atoms with Crippen molar-refractivity contribution in [3.05, 3.63) is 18.0 Å². The van der Waals surface area contributed by atoms with E-state index in [4.69, 9.17) is 4.74 Å². The van der Waals surface area contributed by atoms with Crippen molar-refractivity contribution < 1.29 is 4.74 Å². The van der Waals surface area contributed by atoms with Crippen LogP contribution >= 0.6 is 0 Å². The Balaban J connectivity index is 1.68. The van der Waals surface area contributed by atoms with E-state index in [1.165, 1.54) is 0 Å². The number of pyridine rings is 1. The molecule has 6 heteroatoms. The van der Waals surface area contributed by atoms with Crippen molar-refractivity contribution in [2.45, 2.75) is 6.92 Å². The average molecular weight is 275 g/mol. The van der Waals surface area contributed by atoms with Gasteiger partial charge in [0.15, 0.2) is 5.65 Å². The topological polar surface area (TPSA) is 55.2 Å². The number of aromatic nitrogens is 3. The maximum Gasteiger partial charge on any atom is 0.159 e. The molecule has 0 atom stereocenters. The molecule has 1 fully saturated rings. The molecule has 1 N–H and O–H groups in total. The third-order valence-electron chi connectivity index (χ3n) is 3.75. The lowest BCUT2D eigenvalue weighted by molar-refractivity contribution is 0.0398. The Hall–Kier alpha value is -1.66. The molecule has 0 unspecified atom stereocenters. The fourth-order valence-electron chi connectivity index (χ4n) is 2.70. The number of morpholine rings is 1. The number of rotatable bonds is 4. The van der Waals surface area contributed by atoms with Crippen LogP contribution in [0.3, 0.4) is 0 Å². The zero-order chi connectivity index (χ0) is 13.9. The van der Waals surface area contributed by atoms with E-state index in [2.05, 4.69) is 20.3 Å². The maximum absolute atomic E-state index is 5.36. The van der Waals surface area contributed by atoms with Crippen LogP contribution in [0.4, 0.5) is 5.69 Å². The summed E-state index contributed by atoms with van der Waals surface area (Å²) in [7, 11) is 1.93. The number of anilines is 1. The minimum atomic E-state index is 0.848. The SMILES string of the molecule is Cc1nn(C)c2nccc(NCCN3CCOCC3)c12. The number of hydrogen-bond acceptors (Lipinski definition) is 5. The Bertz CT molecular complexity index is 589. The predicted octanol–water partition coefficient (Wildman–Crippen LogP) is 1.02. The highest BCUT2D eigenvalue weighted by molar-refractivity contribution is 5.91. The summed E-state index contributed by atoms with van der Waals surface area (Å²) in [5.41, 5.74) is 3.07. The summed E-state index contributed by atoms with van der Waals surface area (Å²) in [4.78, 5) is 6.82. The summed E-state index contributed by atoms with van der Waals surface area (Å²) in [5.74, 6) is 0. The summed E-state index contributed by atoms with van der Waals surface area (Å²) in [5, 5.41) is 9.07. The minimum absolute atomic E-state index is 0.848. The first kappa shape index (κ1) is 13.3. The van der Waals surface area contributed by atoms with E-state index in [1.807, 2.05) is 30.9 Å². The smallest absolute Gasteiger partial charge is 0.159 e. The van der Waals surface area contributed by atoms with E-state index in [0.29, 0.717) is 0 Å². The van der Waals surface area contributed by atoms with Crippen molar-refractivity contribution in [1.82, 2.24) is 19.7 Å². The van der Waals surface area contributed by atoms with E-state index in [-0.39, 0.29) is 0 Å². The normalized spacial score (nSPS) is 16.7. The second kappa shape index (κ2) is 5.76. The highest BCUT2D eigenvalue weighted by Gasteiger charge is 2.12. The van der Waals surface area contributed by atoms with Gasteiger partial charge in [-0.25, -0.2) is 4.98 Å². The molecule has 3 rings (SSSR count). The van der Waals surface area contributed by atoms with Gasteiger partial charge in [0.25, 0.3) is 0 Å². The Morgan fingerprint density at radius 1 is 1.35 bits per heavy atom. The largest absolute Gasteiger partial charge is 0.383 e. The number of hydrogen-bond donors (Lipinski definition) is 1. The first-order chi connectivity index (χ1) is 9.75. The Morgan fingerprint density at radius 2 is 2.15 bits per heavy atom. The molecule has 1 aliphatic rings. The number of aryl methyl sites for hydroxylation is 2. The van der Waals surface area contributed by atoms with Crippen LogP contribution in [0.25, 0.3) is 11.0 Å². The third-order valence-corrected chi connectivity index (χ3v) is 3.75. The lowest BCUT2D eigenvalue weighted by Crippen LogP contribution is -2.39. The van der Waals surface area contributed by atoms with Gasteiger partial charge in [-0.15, -0.1) is 0 Å². The number of ether oxygens (including phenoxy) is 1. The Morgan fingerprint density at radius 3 is 2.95 bits per heavy atom. The lowest BCUT2D eigenvalue weighted by atomic mass is 10.2. The summed E-state index contributed by atoms with van der Waals surface area (Å²) in [6.07, 6.45) is 1.83. The van der Waals surface area contributed by atoms with Crippen LogP contribution in [0.2, 0.25) is 0 Å². The molecule has 0 spiro atoms. The van der Waals surface area contributed by atoms with Crippen LogP contribution in [0, 0.1) is 6.92 Å². The number of nitrogens with zero attached hydrogens (tertiary/aromatic N) is 4. The van der Waals surface area contributed by atoms with Gasteiger partial charge in [0.2, 0.25) is 0 Å². The summed E-state index contributed by atoms with van der Waals surface area (Å²) in [6, 6.07) is 2.02. The average Bonchev–Trinajstić information content (AvgIpc) is 2.76. The molecule has 2 aromatic rings. The van der Waals surface area contributed by atoms with E-state index in [1.54, 1.807) is 0 Å². The van der Waals surface area contributed by atoms with Gasteiger partial charge in [-0.1, -0.05) is 0 Å². The minimum Gasteiger partial charge on any atom is -0.383 e. The molecular weight excluding hydrogens is 254 g/mol. The van der Waals surface area contributed by atoms with Crippen molar-refractivity contribution in [2.75, 3.05) is 44.7 Å². The summed E-state index contributed by atoms with van der Waals surface area (Å²) < 4.78 is 7.19.